The Hall–Kier alpha value is -2.08. The van der Waals surface area contributed by atoms with E-state index in [1.54, 1.807) is 0 Å². The van der Waals surface area contributed by atoms with Crippen LogP contribution in [0.3, 0.4) is 0 Å². The molecule has 0 radical (unpaired) electrons. The zero-order chi connectivity index (χ0) is 18.0. The number of hydrogen-bond acceptors (Lipinski definition) is 4. The Bertz CT molecular complexity index is 621. The average molecular weight is 345 g/mol. The fourth-order valence-corrected chi connectivity index (χ4v) is 3.74. The number of carboxylic acid groups (broad SMARTS) is 1. The number of hydrogen-bond donors (Lipinski definition) is 1. The summed E-state index contributed by atoms with van der Waals surface area (Å²) in [6.45, 7) is 9.03. The Labute approximate surface area is 149 Å². The smallest absolute Gasteiger partial charge is 0.326 e. The molecule has 0 aromatic heterocycles. The van der Waals surface area contributed by atoms with E-state index >= 15 is 0 Å². The van der Waals surface area contributed by atoms with Gasteiger partial charge in [-0.15, -0.1) is 0 Å². The number of benzene rings is 1. The maximum atomic E-state index is 12.6. The molecule has 3 rings (SSSR count). The molecule has 6 nitrogen and oxygen atoms in total. The van der Waals surface area contributed by atoms with Crippen molar-refractivity contribution in [1.29, 1.82) is 0 Å². The lowest BCUT2D eigenvalue weighted by Gasteiger charge is -2.38. The highest BCUT2D eigenvalue weighted by Crippen LogP contribution is 2.23. The van der Waals surface area contributed by atoms with Crippen LogP contribution in [0, 0.1) is 0 Å². The maximum Gasteiger partial charge on any atom is 0.326 e. The molecule has 2 aliphatic rings. The van der Waals surface area contributed by atoms with Gasteiger partial charge in [0.25, 0.3) is 5.91 Å². The number of anilines is 1. The zero-order valence-corrected chi connectivity index (χ0v) is 15.0. The monoisotopic (exact) mass is 345 g/mol. The third-order valence-corrected chi connectivity index (χ3v) is 5.32. The third-order valence-electron chi connectivity index (χ3n) is 5.32. The van der Waals surface area contributed by atoms with E-state index < -0.39 is 12.0 Å². The van der Waals surface area contributed by atoms with Crippen molar-refractivity contribution in [3.8, 4) is 0 Å². The SMILES string of the molecule is CC(C)N1CCN(c2ccc(C(=O)N3CCCC3C(=O)O)cc2)CC1. The van der Waals surface area contributed by atoms with Crippen molar-refractivity contribution < 1.29 is 14.7 Å². The van der Waals surface area contributed by atoms with Crippen LogP contribution in [0.1, 0.15) is 37.0 Å². The summed E-state index contributed by atoms with van der Waals surface area (Å²) in [4.78, 5) is 30.2. The number of rotatable bonds is 4. The lowest BCUT2D eigenvalue weighted by molar-refractivity contribution is -0.141. The molecule has 1 atom stereocenters. The molecule has 1 N–H and O–H groups in total. The first kappa shape index (κ1) is 17.7. The van der Waals surface area contributed by atoms with Crippen LogP contribution in [-0.2, 0) is 4.79 Å². The second-order valence-corrected chi connectivity index (χ2v) is 7.16. The topological polar surface area (TPSA) is 64.1 Å². The maximum absolute atomic E-state index is 12.6. The molecule has 0 aliphatic carbocycles. The van der Waals surface area contributed by atoms with Gasteiger partial charge in [0.15, 0.2) is 0 Å². The molecule has 0 bridgehead atoms. The van der Waals surface area contributed by atoms with Gasteiger partial charge in [-0.1, -0.05) is 0 Å². The largest absolute Gasteiger partial charge is 0.480 e. The lowest BCUT2D eigenvalue weighted by Crippen LogP contribution is -2.48. The Morgan fingerprint density at radius 1 is 1.04 bits per heavy atom. The molecular formula is C19H27N3O3. The predicted octanol–water partition coefficient (Wildman–Crippen LogP) is 1.91. The van der Waals surface area contributed by atoms with Crippen molar-refractivity contribution in [3.05, 3.63) is 29.8 Å². The van der Waals surface area contributed by atoms with Crippen molar-refractivity contribution in [2.75, 3.05) is 37.6 Å². The summed E-state index contributed by atoms with van der Waals surface area (Å²) in [6.07, 6.45) is 1.29. The summed E-state index contributed by atoms with van der Waals surface area (Å²) in [6, 6.07) is 7.49. The van der Waals surface area contributed by atoms with Gasteiger partial charge < -0.3 is 14.9 Å². The van der Waals surface area contributed by atoms with E-state index in [1.807, 2.05) is 24.3 Å². The van der Waals surface area contributed by atoms with Crippen LogP contribution in [0.2, 0.25) is 0 Å². The molecule has 2 saturated heterocycles. The number of likely N-dealkylation sites (tertiary alicyclic amines) is 1. The van der Waals surface area contributed by atoms with Crippen LogP contribution in [-0.4, -0.2) is 71.6 Å². The summed E-state index contributed by atoms with van der Waals surface area (Å²) in [5, 5.41) is 9.25. The highest BCUT2D eigenvalue weighted by molar-refractivity contribution is 5.97. The number of carboxylic acids is 1. The summed E-state index contributed by atoms with van der Waals surface area (Å²) < 4.78 is 0. The normalized spacial score (nSPS) is 21.8. The summed E-state index contributed by atoms with van der Waals surface area (Å²) in [5.74, 6) is -1.09. The molecule has 1 aromatic carbocycles. The van der Waals surface area contributed by atoms with Crippen LogP contribution in [0.4, 0.5) is 5.69 Å². The molecule has 1 amide bonds. The van der Waals surface area contributed by atoms with Crippen molar-refractivity contribution >= 4 is 17.6 Å². The molecule has 25 heavy (non-hydrogen) atoms. The van der Waals surface area contributed by atoms with Crippen molar-refractivity contribution in [1.82, 2.24) is 9.80 Å². The van der Waals surface area contributed by atoms with E-state index in [9.17, 15) is 14.7 Å². The number of amides is 1. The van der Waals surface area contributed by atoms with Crippen molar-refractivity contribution in [2.24, 2.45) is 0 Å². The quantitative estimate of drug-likeness (QED) is 0.903. The van der Waals surface area contributed by atoms with Crippen LogP contribution >= 0.6 is 0 Å². The fourth-order valence-electron chi connectivity index (χ4n) is 3.74. The van der Waals surface area contributed by atoms with Crippen molar-refractivity contribution in [2.45, 2.75) is 38.8 Å². The molecular weight excluding hydrogens is 318 g/mol. The highest BCUT2D eigenvalue weighted by Gasteiger charge is 2.34. The van der Waals surface area contributed by atoms with Crippen LogP contribution in [0.25, 0.3) is 0 Å². The zero-order valence-electron chi connectivity index (χ0n) is 15.0. The van der Waals surface area contributed by atoms with E-state index in [4.69, 9.17) is 0 Å². The van der Waals surface area contributed by atoms with Gasteiger partial charge >= 0.3 is 5.97 Å². The third kappa shape index (κ3) is 3.79. The molecule has 6 heteroatoms. The minimum atomic E-state index is -0.912. The van der Waals surface area contributed by atoms with Gasteiger partial charge in [0.2, 0.25) is 0 Å². The Morgan fingerprint density at radius 3 is 2.24 bits per heavy atom. The Morgan fingerprint density at radius 2 is 1.68 bits per heavy atom. The first-order chi connectivity index (χ1) is 12.0. The Balaban J connectivity index is 1.64. The fraction of sp³-hybridized carbons (Fsp3) is 0.579. The summed E-state index contributed by atoms with van der Waals surface area (Å²) >= 11 is 0. The standard InChI is InChI=1S/C19H27N3O3/c1-14(2)20-10-12-21(13-11-20)16-7-5-15(6-8-16)18(23)22-9-3-4-17(22)19(24)25/h5-8,14,17H,3-4,9-13H2,1-2H3,(H,24,25). The Kier molecular flexibility index (Phi) is 5.27. The van der Waals surface area contributed by atoms with Gasteiger partial charge in [-0.2, -0.15) is 0 Å². The van der Waals surface area contributed by atoms with Gasteiger partial charge in [0.05, 0.1) is 0 Å². The first-order valence-corrected chi connectivity index (χ1v) is 9.10. The highest BCUT2D eigenvalue weighted by atomic mass is 16.4. The lowest BCUT2D eigenvalue weighted by atomic mass is 10.1. The van der Waals surface area contributed by atoms with E-state index in [-0.39, 0.29) is 5.91 Å². The van der Waals surface area contributed by atoms with Crippen molar-refractivity contribution in [3.63, 3.8) is 0 Å². The van der Waals surface area contributed by atoms with E-state index in [2.05, 4.69) is 23.6 Å². The number of nitrogens with zero attached hydrogens (tertiary/aromatic N) is 3. The van der Waals surface area contributed by atoms with Gasteiger partial charge in [-0.25, -0.2) is 4.79 Å². The van der Waals surface area contributed by atoms with Crippen LogP contribution < -0.4 is 4.90 Å². The van der Waals surface area contributed by atoms with Gasteiger partial charge in [0, 0.05) is 50.0 Å². The molecule has 0 saturated carbocycles. The average Bonchev–Trinajstić information content (AvgIpc) is 3.11. The van der Waals surface area contributed by atoms with Crippen LogP contribution in [0.5, 0.6) is 0 Å². The van der Waals surface area contributed by atoms with E-state index in [1.165, 1.54) is 4.90 Å². The molecule has 1 unspecified atom stereocenters. The van der Waals surface area contributed by atoms with Gasteiger partial charge in [-0.3, -0.25) is 9.69 Å². The van der Waals surface area contributed by atoms with Gasteiger partial charge in [0.1, 0.15) is 6.04 Å². The van der Waals surface area contributed by atoms with E-state index in [0.29, 0.717) is 24.6 Å². The number of carbonyl (C=O) groups is 2. The van der Waals surface area contributed by atoms with E-state index in [0.717, 1.165) is 38.3 Å². The minimum absolute atomic E-state index is 0.180. The molecule has 2 heterocycles. The predicted molar refractivity (Wildman–Crippen MR) is 97.1 cm³/mol. The first-order valence-electron chi connectivity index (χ1n) is 9.10. The second kappa shape index (κ2) is 7.44. The second-order valence-electron chi connectivity index (χ2n) is 7.16. The molecule has 136 valence electrons. The molecule has 0 spiro atoms. The van der Waals surface area contributed by atoms with Crippen LogP contribution in [0.15, 0.2) is 24.3 Å². The minimum Gasteiger partial charge on any atom is -0.480 e. The summed E-state index contributed by atoms with van der Waals surface area (Å²) in [5.41, 5.74) is 1.69. The summed E-state index contributed by atoms with van der Waals surface area (Å²) in [7, 11) is 0. The number of carbonyl (C=O) groups excluding carboxylic acids is 1. The molecule has 2 aliphatic heterocycles. The number of piperazine rings is 1. The van der Waals surface area contributed by atoms with Gasteiger partial charge in [-0.05, 0) is 51.0 Å². The molecule has 2 fully saturated rings. The number of aliphatic carboxylic acids is 1. The molecule has 1 aromatic rings.